The molecule has 0 aromatic heterocycles. The molecule has 6 heteroatoms. The van der Waals surface area contributed by atoms with E-state index >= 15 is 0 Å². The van der Waals surface area contributed by atoms with Gasteiger partial charge in [0.1, 0.15) is 11.3 Å². The molecule has 1 saturated heterocycles. The van der Waals surface area contributed by atoms with Gasteiger partial charge in [0.05, 0.1) is 11.4 Å². The summed E-state index contributed by atoms with van der Waals surface area (Å²) < 4.78 is 5.48. The van der Waals surface area contributed by atoms with Crippen LogP contribution in [0.4, 0.5) is 16.2 Å². The van der Waals surface area contributed by atoms with Gasteiger partial charge in [-0.05, 0) is 39.0 Å². The molecular weight excluding hydrogens is 366 g/mol. The zero-order chi connectivity index (χ0) is 20.6. The Morgan fingerprint density at radius 2 is 1.59 bits per heavy atom. The summed E-state index contributed by atoms with van der Waals surface area (Å²) >= 11 is 0. The Balaban J connectivity index is 1.43. The summed E-state index contributed by atoms with van der Waals surface area (Å²) in [4.78, 5) is 26.8. The number of ketones is 1. The zero-order valence-corrected chi connectivity index (χ0v) is 17.1. The molecular formula is C23H27N3O3. The number of anilines is 2. The Labute approximate surface area is 171 Å². The van der Waals surface area contributed by atoms with Crippen LogP contribution >= 0.6 is 0 Å². The fourth-order valence-corrected chi connectivity index (χ4v) is 3.85. The molecule has 2 aliphatic rings. The van der Waals surface area contributed by atoms with Gasteiger partial charge >= 0.3 is 6.09 Å². The number of amides is 1. The molecule has 1 fully saturated rings. The second kappa shape index (κ2) is 7.10. The molecule has 2 N–H and O–H groups in total. The fraction of sp³-hybridized carbons (Fsp3) is 0.391. The van der Waals surface area contributed by atoms with E-state index in [4.69, 9.17) is 4.74 Å². The highest BCUT2D eigenvalue weighted by molar-refractivity contribution is 6.10. The van der Waals surface area contributed by atoms with Crippen molar-refractivity contribution < 1.29 is 14.3 Å². The normalized spacial score (nSPS) is 17.3. The second-order valence-corrected chi connectivity index (χ2v) is 8.76. The number of nitrogens with one attached hydrogen (secondary N) is 2. The van der Waals surface area contributed by atoms with Crippen molar-refractivity contribution in [3.05, 3.63) is 59.7 Å². The highest BCUT2D eigenvalue weighted by Crippen LogP contribution is 2.40. The highest BCUT2D eigenvalue weighted by atomic mass is 16.6. The molecule has 1 spiro atoms. The molecule has 2 heterocycles. The summed E-state index contributed by atoms with van der Waals surface area (Å²) in [6.07, 6.45) is 1.24. The Hall–Kier alpha value is -3.02. The number of rotatable bonds is 2. The number of carbonyl (C=O) groups excluding carboxylic acids is 2. The van der Waals surface area contributed by atoms with Crippen molar-refractivity contribution in [2.24, 2.45) is 0 Å². The quantitative estimate of drug-likeness (QED) is 0.736. The van der Waals surface area contributed by atoms with E-state index in [0.29, 0.717) is 24.2 Å². The molecule has 0 aliphatic carbocycles. The summed E-state index contributed by atoms with van der Waals surface area (Å²) in [5.74, 6) is 0.0101. The average molecular weight is 393 g/mol. The Morgan fingerprint density at radius 1 is 0.931 bits per heavy atom. The summed E-state index contributed by atoms with van der Waals surface area (Å²) in [7, 11) is 0. The Kier molecular flexibility index (Phi) is 4.73. The Morgan fingerprint density at radius 3 is 2.24 bits per heavy atom. The number of fused-ring (bicyclic) bond motifs is 1. The third-order valence-corrected chi connectivity index (χ3v) is 5.33. The van der Waals surface area contributed by atoms with Gasteiger partial charge in [0.15, 0.2) is 5.78 Å². The van der Waals surface area contributed by atoms with Crippen LogP contribution in [0.3, 0.4) is 0 Å². The van der Waals surface area contributed by atoms with Crippen molar-refractivity contribution in [1.82, 2.24) is 4.90 Å². The van der Waals surface area contributed by atoms with Crippen LogP contribution in [0.2, 0.25) is 0 Å². The van der Waals surface area contributed by atoms with Crippen molar-refractivity contribution in [3.63, 3.8) is 0 Å². The molecule has 2 aromatic rings. The molecule has 4 rings (SSSR count). The van der Waals surface area contributed by atoms with Crippen molar-refractivity contribution in [3.8, 4) is 0 Å². The van der Waals surface area contributed by atoms with Gasteiger partial charge in [-0.15, -0.1) is 0 Å². The maximum atomic E-state index is 12.7. The van der Waals surface area contributed by atoms with E-state index in [0.717, 1.165) is 24.2 Å². The molecule has 0 bridgehead atoms. The van der Waals surface area contributed by atoms with Gasteiger partial charge in [-0.3, -0.25) is 4.79 Å². The second-order valence-electron chi connectivity index (χ2n) is 8.76. The van der Waals surface area contributed by atoms with E-state index in [1.54, 1.807) is 4.90 Å². The van der Waals surface area contributed by atoms with E-state index in [-0.39, 0.29) is 17.5 Å². The fourth-order valence-electron chi connectivity index (χ4n) is 3.85. The van der Waals surface area contributed by atoms with Gasteiger partial charge in [-0.1, -0.05) is 30.3 Å². The van der Waals surface area contributed by atoms with Crippen LogP contribution in [-0.4, -0.2) is 41.1 Å². The summed E-state index contributed by atoms with van der Waals surface area (Å²) in [5, 5.41) is 7.12. The van der Waals surface area contributed by atoms with Crippen molar-refractivity contribution in [2.75, 3.05) is 23.7 Å². The molecule has 6 nitrogen and oxygen atoms in total. The molecule has 0 atom stereocenters. The van der Waals surface area contributed by atoms with Crippen molar-refractivity contribution in [1.29, 1.82) is 0 Å². The van der Waals surface area contributed by atoms with Crippen LogP contribution in [0.25, 0.3) is 0 Å². The van der Waals surface area contributed by atoms with E-state index in [1.165, 1.54) is 0 Å². The molecule has 2 aliphatic heterocycles. The summed E-state index contributed by atoms with van der Waals surface area (Å²) in [5.41, 5.74) is 2.47. The van der Waals surface area contributed by atoms with E-state index in [1.807, 2.05) is 69.3 Å². The van der Waals surface area contributed by atoms with Gasteiger partial charge in [0, 0.05) is 37.1 Å². The standard InChI is InChI=1S/C23H27N3O3/c1-22(2,3)29-21(28)26-13-11-23(12-14-26)24-18-10-9-17(15-19(18)25-23)20(27)16-7-5-4-6-8-16/h4-10,15,24-25H,11-14H2,1-3H3. The van der Waals surface area contributed by atoms with Crippen LogP contribution in [0.15, 0.2) is 48.5 Å². The van der Waals surface area contributed by atoms with Crippen molar-refractivity contribution >= 4 is 23.3 Å². The molecule has 2 aromatic carbocycles. The first-order valence-electron chi connectivity index (χ1n) is 10.0. The number of likely N-dealkylation sites (tertiary alicyclic amines) is 1. The van der Waals surface area contributed by atoms with Crippen LogP contribution < -0.4 is 10.6 Å². The lowest BCUT2D eigenvalue weighted by Crippen LogP contribution is -2.53. The smallest absolute Gasteiger partial charge is 0.410 e. The van der Waals surface area contributed by atoms with E-state index in [9.17, 15) is 9.59 Å². The SMILES string of the molecule is CC(C)(C)OC(=O)N1CCC2(CC1)Nc1ccc(C(=O)c3ccccc3)cc1N2. The molecule has 29 heavy (non-hydrogen) atoms. The predicted molar refractivity (Wildman–Crippen MR) is 113 cm³/mol. The molecule has 0 radical (unpaired) electrons. The number of nitrogens with zero attached hydrogens (tertiary/aromatic N) is 1. The third-order valence-electron chi connectivity index (χ3n) is 5.33. The lowest BCUT2D eigenvalue weighted by molar-refractivity contribution is 0.0188. The first kappa shape index (κ1) is 19.3. The average Bonchev–Trinajstić information content (AvgIpc) is 3.04. The van der Waals surface area contributed by atoms with Gasteiger partial charge in [0.2, 0.25) is 0 Å². The number of ether oxygens (including phenoxy) is 1. The molecule has 1 amide bonds. The number of hydrogen-bond donors (Lipinski definition) is 2. The first-order valence-corrected chi connectivity index (χ1v) is 10.0. The van der Waals surface area contributed by atoms with Crippen LogP contribution in [0, 0.1) is 0 Å². The van der Waals surface area contributed by atoms with E-state index < -0.39 is 5.60 Å². The van der Waals surface area contributed by atoms with Gasteiger partial charge in [-0.25, -0.2) is 4.79 Å². The maximum Gasteiger partial charge on any atom is 0.410 e. The molecule has 152 valence electrons. The summed E-state index contributed by atoms with van der Waals surface area (Å²) in [6, 6.07) is 15.0. The van der Waals surface area contributed by atoms with Crippen molar-refractivity contribution in [2.45, 2.75) is 44.9 Å². The number of benzene rings is 2. The predicted octanol–water partition coefficient (Wildman–Crippen LogP) is 4.48. The maximum absolute atomic E-state index is 12.7. The third kappa shape index (κ3) is 4.06. The highest BCUT2D eigenvalue weighted by Gasteiger charge is 2.41. The Bertz CT molecular complexity index is 926. The molecule has 0 unspecified atom stereocenters. The monoisotopic (exact) mass is 393 g/mol. The topological polar surface area (TPSA) is 70.7 Å². The minimum atomic E-state index is -0.492. The van der Waals surface area contributed by atoms with Gasteiger partial charge in [-0.2, -0.15) is 0 Å². The van der Waals surface area contributed by atoms with Crippen LogP contribution in [0.5, 0.6) is 0 Å². The van der Waals surface area contributed by atoms with E-state index in [2.05, 4.69) is 10.6 Å². The lowest BCUT2D eigenvalue weighted by Gasteiger charge is -2.40. The summed E-state index contributed by atoms with van der Waals surface area (Å²) in [6.45, 7) is 6.85. The largest absolute Gasteiger partial charge is 0.444 e. The number of carbonyl (C=O) groups is 2. The minimum absolute atomic E-state index is 0.0101. The molecule has 0 saturated carbocycles. The zero-order valence-electron chi connectivity index (χ0n) is 17.1. The lowest BCUT2D eigenvalue weighted by atomic mass is 9.98. The van der Waals surface area contributed by atoms with Crippen LogP contribution in [-0.2, 0) is 4.74 Å². The van der Waals surface area contributed by atoms with Crippen LogP contribution in [0.1, 0.15) is 49.5 Å². The number of piperidine rings is 1. The van der Waals surface area contributed by atoms with Gasteiger partial charge < -0.3 is 20.3 Å². The first-order chi connectivity index (χ1) is 13.7. The minimum Gasteiger partial charge on any atom is -0.444 e. The number of hydrogen-bond acceptors (Lipinski definition) is 5. The van der Waals surface area contributed by atoms with Gasteiger partial charge in [0.25, 0.3) is 0 Å².